The van der Waals surface area contributed by atoms with Gasteiger partial charge in [0.15, 0.2) is 5.69 Å². The predicted molar refractivity (Wildman–Crippen MR) is 132 cm³/mol. The van der Waals surface area contributed by atoms with E-state index < -0.39 is 23.5 Å². The average molecular weight is 488 g/mol. The number of benzene rings is 1. The molecule has 0 bridgehead atoms. The van der Waals surface area contributed by atoms with E-state index in [1.807, 2.05) is 22.9 Å². The molecule has 192 valence electrons. The van der Waals surface area contributed by atoms with Gasteiger partial charge < -0.3 is 24.6 Å². The monoisotopic (exact) mass is 487 g/mol. The van der Waals surface area contributed by atoms with Crippen LogP contribution in [0.25, 0.3) is 11.3 Å². The Hall–Kier alpha value is -3.07. The number of carbonyl (C=O) groups is 2. The molecule has 3 rings (SSSR count). The number of esters is 1. The summed E-state index contributed by atoms with van der Waals surface area (Å²) in [7, 11) is 3.19. The van der Waals surface area contributed by atoms with Gasteiger partial charge in [0.25, 0.3) is 5.91 Å². The normalized spacial score (nSPS) is 15.0. The van der Waals surface area contributed by atoms with Gasteiger partial charge in [0.2, 0.25) is 0 Å². The van der Waals surface area contributed by atoms with E-state index in [-0.39, 0.29) is 31.2 Å². The number of nitrogens with one attached hydrogen (secondary N) is 1. The lowest BCUT2D eigenvalue weighted by Crippen LogP contribution is -2.39. The number of nitrogens with zero attached hydrogens (tertiary/aromatic N) is 2. The Kier molecular flexibility index (Phi) is 8.77. The molecule has 2 N–H and O–H groups in total. The molecule has 1 aliphatic carbocycles. The fourth-order valence-corrected chi connectivity index (χ4v) is 4.45. The highest BCUT2D eigenvalue weighted by Crippen LogP contribution is 2.41. The molecule has 1 amide bonds. The fourth-order valence-electron chi connectivity index (χ4n) is 4.45. The first-order valence-electron chi connectivity index (χ1n) is 12.1. The molecule has 1 fully saturated rings. The maximum Gasteiger partial charge on any atom is 0.308 e. The zero-order valence-corrected chi connectivity index (χ0v) is 21.3. The topological polar surface area (TPSA) is 112 Å². The van der Waals surface area contributed by atoms with Gasteiger partial charge in [-0.1, -0.05) is 18.9 Å². The van der Waals surface area contributed by atoms with Crippen molar-refractivity contribution in [1.29, 1.82) is 0 Å². The Morgan fingerprint density at radius 3 is 2.34 bits per heavy atom. The van der Waals surface area contributed by atoms with Crippen molar-refractivity contribution in [3.8, 4) is 22.8 Å². The van der Waals surface area contributed by atoms with Gasteiger partial charge in [-0.05, 0) is 58.2 Å². The number of hydrogen-bond donors (Lipinski definition) is 2. The van der Waals surface area contributed by atoms with Gasteiger partial charge in [-0.3, -0.25) is 14.3 Å². The lowest BCUT2D eigenvalue weighted by Gasteiger charge is -2.22. The number of ether oxygens (including phenoxy) is 3. The number of aliphatic hydroxyl groups excluding tert-OH is 1. The number of rotatable bonds is 10. The molecule has 0 aliphatic heterocycles. The Morgan fingerprint density at radius 1 is 1.17 bits per heavy atom. The molecule has 1 saturated carbocycles. The molecule has 1 heterocycles. The summed E-state index contributed by atoms with van der Waals surface area (Å²) in [5, 5.41) is 17.0. The Bertz CT molecular complexity index is 998. The third-order valence-electron chi connectivity index (χ3n) is 5.97. The van der Waals surface area contributed by atoms with Gasteiger partial charge in [0.1, 0.15) is 17.1 Å². The summed E-state index contributed by atoms with van der Waals surface area (Å²) in [5.41, 5.74) is 1.07. The maximum absolute atomic E-state index is 13.2. The van der Waals surface area contributed by atoms with Crippen LogP contribution in [-0.4, -0.2) is 59.2 Å². The Labute approximate surface area is 206 Å². The van der Waals surface area contributed by atoms with E-state index >= 15 is 0 Å². The molecule has 9 heteroatoms. The number of carbonyl (C=O) groups excluding carboxylic acids is 2. The van der Waals surface area contributed by atoms with E-state index in [0.29, 0.717) is 11.5 Å². The van der Waals surface area contributed by atoms with Crippen LogP contribution in [0.15, 0.2) is 24.3 Å². The van der Waals surface area contributed by atoms with Crippen LogP contribution in [-0.2, 0) is 9.53 Å². The minimum absolute atomic E-state index is 0.0416. The summed E-state index contributed by atoms with van der Waals surface area (Å²) in [5.74, 6) is 0.392. The van der Waals surface area contributed by atoms with E-state index in [2.05, 4.69) is 10.4 Å². The third kappa shape index (κ3) is 6.75. The Balaban J connectivity index is 1.92. The molecule has 35 heavy (non-hydrogen) atoms. The molecule has 9 nitrogen and oxygen atoms in total. The van der Waals surface area contributed by atoms with Crippen LogP contribution in [0.3, 0.4) is 0 Å². The first-order chi connectivity index (χ1) is 16.7. The smallest absolute Gasteiger partial charge is 0.308 e. The first kappa shape index (κ1) is 26.5. The van der Waals surface area contributed by atoms with E-state index in [1.54, 1.807) is 41.1 Å². The van der Waals surface area contributed by atoms with Crippen LogP contribution in [0.5, 0.6) is 11.5 Å². The van der Waals surface area contributed by atoms with Crippen LogP contribution < -0.4 is 14.8 Å². The highest BCUT2D eigenvalue weighted by atomic mass is 16.6. The summed E-state index contributed by atoms with van der Waals surface area (Å²) >= 11 is 0. The lowest BCUT2D eigenvalue weighted by atomic mass is 10.1. The largest absolute Gasteiger partial charge is 0.496 e. The average Bonchev–Trinajstić information content (AvgIpc) is 3.47. The van der Waals surface area contributed by atoms with Gasteiger partial charge in [-0.2, -0.15) is 5.10 Å². The van der Waals surface area contributed by atoms with Gasteiger partial charge >= 0.3 is 5.97 Å². The predicted octanol–water partition coefficient (Wildman–Crippen LogP) is 3.90. The highest BCUT2D eigenvalue weighted by Gasteiger charge is 2.28. The molecule has 1 aromatic carbocycles. The van der Waals surface area contributed by atoms with Crippen molar-refractivity contribution >= 4 is 11.9 Å². The fraction of sp³-hybridized carbons (Fsp3) is 0.577. The highest BCUT2D eigenvalue weighted by molar-refractivity contribution is 5.94. The van der Waals surface area contributed by atoms with Crippen molar-refractivity contribution in [3.05, 3.63) is 30.0 Å². The van der Waals surface area contributed by atoms with Crippen molar-refractivity contribution in [1.82, 2.24) is 15.1 Å². The van der Waals surface area contributed by atoms with Crippen LogP contribution in [0.2, 0.25) is 0 Å². The summed E-state index contributed by atoms with van der Waals surface area (Å²) in [4.78, 5) is 25.6. The van der Waals surface area contributed by atoms with Gasteiger partial charge in [-0.25, -0.2) is 0 Å². The van der Waals surface area contributed by atoms with Crippen LogP contribution >= 0.6 is 0 Å². The summed E-state index contributed by atoms with van der Waals surface area (Å²) in [6.45, 7) is 5.18. The van der Waals surface area contributed by atoms with Gasteiger partial charge in [0, 0.05) is 12.6 Å². The second-order valence-corrected chi connectivity index (χ2v) is 9.81. The summed E-state index contributed by atoms with van der Waals surface area (Å²) in [6.07, 6.45) is 4.33. The third-order valence-corrected chi connectivity index (χ3v) is 5.97. The lowest BCUT2D eigenvalue weighted by molar-refractivity contribution is -0.155. The number of hydrogen-bond acceptors (Lipinski definition) is 7. The minimum atomic E-state index is -0.631. The quantitative estimate of drug-likeness (QED) is 0.489. The molecule has 1 aromatic heterocycles. The second kappa shape index (κ2) is 11.6. The van der Waals surface area contributed by atoms with Crippen molar-refractivity contribution in [2.24, 2.45) is 0 Å². The van der Waals surface area contributed by atoms with Crippen LogP contribution in [0.1, 0.15) is 75.8 Å². The van der Waals surface area contributed by atoms with Gasteiger partial charge in [-0.15, -0.1) is 0 Å². The first-order valence-corrected chi connectivity index (χ1v) is 12.1. The summed E-state index contributed by atoms with van der Waals surface area (Å²) in [6, 6.07) is 6.86. The molecule has 0 saturated heterocycles. The van der Waals surface area contributed by atoms with E-state index in [4.69, 9.17) is 14.2 Å². The van der Waals surface area contributed by atoms with E-state index in [0.717, 1.165) is 36.9 Å². The van der Waals surface area contributed by atoms with Crippen LogP contribution in [0.4, 0.5) is 0 Å². The second-order valence-electron chi connectivity index (χ2n) is 9.81. The molecule has 1 aliphatic rings. The summed E-state index contributed by atoms with van der Waals surface area (Å²) < 4.78 is 18.5. The minimum Gasteiger partial charge on any atom is -0.496 e. The molecule has 2 aromatic rings. The molecule has 0 radical (unpaired) electrons. The number of amides is 1. The Morgan fingerprint density at radius 2 is 1.80 bits per heavy atom. The number of aromatic nitrogens is 2. The maximum atomic E-state index is 13.2. The standard InChI is InChI=1S/C26H37N3O6/c1-26(2,3)35-23(31)15-17(13-14-30)27-25(32)19-16-20(29(28-19)18-9-6-7-10-18)24-21(33-4)11-8-12-22(24)34-5/h8,11-12,16-18,30H,6-7,9-10,13-15H2,1-5H3,(H,27,32). The molecular formula is C26H37N3O6. The number of methoxy groups -OCH3 is 2. The van der Waals surface area contributed by atoms with Gasteiger partial charge in [0.05, 0.1) is 37.9 Å². The zero-order chi connectivity index (χ0) is 25.6. The van der Waals surface area contributed by atoms with Crippen LogP contribution in [0, 0.1) is 0 Å². The van der Waals surface area contributed by atoms with Crippen molar-refractivity contribution < 1.29 is 28.9 Å². The van der Waals surface area contributed by atoms with Crippen molar-refractivity contribution in [3.63, 3.8) is 0 Å². The molecular weight excluding hydrogens is 450 g/mol. The van der Waals surface area contributed by atoms with Crippen molar-refractivity contribution in [2.75, 3.05) is 20.8 Å². The van der Waals surface area contributed by atoms with Crippen molar-refractivity contribution in [2.45, 2.75) is 77.0 Å². The molecule has 0 spiro atoms. The SMILES string of the molecule is COc1cccc(OC)c1-c1cc(C(=O)NC(CCO)CC(=O)OC(C)(C)C)nn1C1CCCC1. The number of aliphatic hydroxyl groups is 1. The molecule has 1 atom stereocenters. The zero-order valence-electron chi connectivity index (χ0n) is 21.3. The van der Waals surface area contributed by atoms with E-state index in [1.165, 1.54) is 0 Å². The molecule has 1 unspecified atom stereocenters. The van der Waals surface area contributed by atoms with E-state index in [9.17, 15) is 14.7 Å².